The quantitative estimate of drug-likeness (QED) is 0.373. The van der Waals surface area contributed by atoms with Crippen molar-refractivity contribution in [2.75, 3.05) is 26.0 Å². The number of ether oxygens (including phenoxy) is 2. The van der Waals surface area contributed by atoms with Crippen molar-refractivity contribution in [1.82, 2.24) is 24.3 Å². The van der Waals surface area contributed by atoms with Gasteiger partial charge in [0.2, 0.25) is 0 Å². The molecule has 1 N–H and O–H groups in total. The maximum absolute atomic E-state index is 11.9. The maximum Gasteiger partial charge on any atom is 0.259 e. The number of benzene rings is 2. The summed E-state index contributed by atoms with van der Waals surface area (Å²) in [6.45, 7) is 1.95. The van der Waals surface area contributed by atoms with Gasteiger partial charge in [-0.2, -0.15) is 0 Å². The Bertz CT molecular complexity index is 1530. The summed E-state index contributed by atoms with van der Waals surface area (Å²) in [4.78, 5) is 26.4. The Balaban J connectivity index is 1.35. The molecule has 1 amide bonds. The number of carbonyl (C=O) groups is 1. The highest BCUT2D eigenvalue weighted by atomic mass is 16.5. The molecule has 9 nitrogen and oxygen atoms in total. The summed E-state index contributed by atoms with van der Waals surface area (Å²) >= 11 is 0. The summed E-state index contributed by atoms with van der Waals surface area (Å²) in [6, 6.07) is 15.1. The summed E-state index contributed by atoms with van der Waals surface area (Å²) in [5.41, 5.74) is 3.40. The number of hydrogen-bond acceptors (Lipinski definition) is 7. The molecule has 5 rings (SSSR count). The van der Waals surface area contributed by atoms with Crippen LogP contribution in [0.1, 0.15) is 5.56 Å². The molecule has 3 aromatic heterocycles. The molecule has 176 valence electrons. The zero-order chi connectivity index (χ0) is 24.4. The number of nitrogens with zero attached hydrogens (tertiary/aromatic N) is 5. The third-order valence-electron chi connectivity index (χ3n) is 5.50. The third-order valence-corrected chi connectivity index (χ3v) is 5.50. The van der Waals surface area contributed by atoms with Crippen molar-refractivity contribution in [2.45, 2.75) is 6.92 Å². The summed E-state index contributed by atoms with van der Waals surface area (Å²) in [6.07, 6.45) is 7.06. The number of carbonyl (C=O) groups excluding carboxylic acids is 1. The minimum absolute atomic E-state index is 0.0386. The Labute approximate surface area is 202 Å². The molecular formula is C26H24N6O3. The normalized spacial score (nSPS) is 10.9. The molecule has 0 unspecified atom stereocenters. The molecule has 0 saturated carbocycles. The van der Waals surface area contributed by atoms with Crippen molar-refractivity contribution in [3.05, 3.63) is 79.0 Å². The van der Waals surface area contributed by atoms with Crippen LogP contribution >= 0.6 is 0 Å². The van der Waals surface area contributed by atoms with Gasteiger partial charge in [-0.05, 0) is 55.0 Å². The Morgan fingerprint density at radius 3 is 2.71 bits per heavy atom. The van der Waals surface area contributed by atoms with E-state index in [9.17, 15) is 4.79 Å². The highest BCUT2D eigenvalue weighted by molar-refractivity contribution is 5.91. The lowest BCUT2D eigenvalue weighted by atomic mass is 10.2. The largest absolute Gasteiger partial charge is 0.484 e. The SMILES string of the molecule is Cc1cc(Nc2ncnc3ccc(OCC(=O)N(C)C)cc23)ccc1Oc1ccn2ccnc2c1. The number of aromatic nitrogens is 4. The first-order chi connectivity index (χ1) is 17.0. The number of rotatable bonds is 7. The van der Waals surface area contributed by atoms with Gasteiger partial charge in [0.1, 0.15) is 35.0 Å². The molecule has 3 heterocycles. The van der Waals surface area contributed by atoms with Gasteiger partial charge in [0.25, 0.3) is 5.91 Å². The summed E-state index contributed by atoms with van der Waals surface area (Å²) in [5, 5.41) is 4.14. The molecule has 0 bridgehead atoms. The number of anilines is 2. The minimum atomic E-state index is -0.116. The molecule has 0 aliphatic carbocycles. The average molecular weight is 469 g/mol. The first-order valence-corrected chi connectivity index (χ1v) is 11.0. The van der Waals surface area contributed by atoms with E-state index in [2.05, 4.69) is 20.3 Å². The number of hydrogen-bond donors (Lipinski definition) is 1. The number of amides is 1. The van der Waals surface area contributed by atoms with Gasteiger partial charge in [-0.3, -0.25) is 4.79 Å². The van der Waals surface area contributed by atoms with E-state index < -0.39 is 0 Å². The van der Waals surface area contributed by atoms with Crippen molar-refractivity contribution < 1.29 is 14.3 Å². The average Bonchev–Trinajstić information content (AvgIpc) is 3.32. The number of pyridine rings is 1. The summed E-state index contributed by atoms with van der Waals surface area (Å²) in [5.74, 6) is 2.56. The fourth-order valence-electron chi connectivity index (χ4n) is 3.56. The lowest BCUT2D eigenvalue weighted by Crippen LogP contribution is -2.27. The molecule has 0 atom stereocenters. The van der Waals surface area contributed by atoms with E-state index in [1.807, 2.05) is 66.2 Å². The van der Waals surface area contributed by atoms with Gasteiger partial charge < -0.3 is 24.1 Å². The summed E-state index contributed by atoms with van der Waals surface area (Å²) in [7, 11) is 3.39. The molecular weight excluding hydrogens is 444 g/mol. The fourth-order valence-corrected chi connectivity index (χ4v) is 3.56. The second kappa shape index (κ2) is 9.30. The van der Waals surface area contributed by atoms with Crippen molar-refractivity contribution in [1.29, 1.82) is 0 Å². The van der Waals surface area contributed by atoms with Crippen LogP contribution < -0.4 is 14.8 Å². The molecule has 9 heteroatoms. The highest BCUT2D eigenvalue weighted by Gasteiger charge is 2.10. The van der Waals surface area contributed by atoms with Crippen LogP contribution in [-0.2, 0) is 4.79 Å². The van der Waals surface area contributed by atoms with Crippen molar-refractivity contribution >= 4 is 34.0 Å². The van der Waals surface area contributed by atoms with Crippen LogP contribution in [0.15, 0.2) is 73.4 Å². The van der Waals surface area contributed by atoms with Crippen LogP contribution in [0, 0.1) is 6.92 Å². The van der Waals surface area contributed by atoms with E-state index in [1.54, 1.807) is 26.4 Å². The van der Waals surface area contributed by atoms with Gasteiger partial charge in [-0.15, -0.1) is 0 Å². The van der Waals surface area contributed by atoms with E-state index in [4.69, 9.17) is 9.47 Å². The lowest BCUT2D eigenvalue weighted by Gasteiger charge is -2.14. The Kier molecular flexibility index (Phi) is 5.88. The zero-order valence-electron chi connectivity index (χ0n) is 19.6. The Morgan fingerprint density at radius 1 is 1.00 bits per heavy atom. The molecule has 0 aliphatic rings. The molecule has 0 radical (unpaired) electrons. The molecule has 5 aromatic rings. The molecule has 0 fully saturated rings. The first kappa shape index (κ1) is 22.1. The fraction of sp³-hybridized carbons (Fsp3) is 0.154. The minimum Gasteiger partial charge on any atom is -0.484 e. The molecule has 0 saturated heterocycles. The number of nitrogens with one attached hydrogen (secondary N) is 1. The van der Waals surface area contributed by atoms with Gasteiger partial charge in [0.15, 0.2) is 6.61 Å². The maximum atomic E-state index is 11.9. The van der Waals surface area contributed by atoms with Gasteiger partial charge in [0, 0.05) is 49.8 Å². The first-order valence-electron chi connectivity index (χ1n) is 11.0. The molecule has 0 spiro atoms. The smallest absolute Gasteiger partial charge is 0.259 e. The van der Waals surface area contributed by atoms with Gasteiger partial charge >= 0.3 is 0 Å². The van der Waals surface area contributed by atoms with Crippen LogP contribution in [0.5, 0.6) is 17.2 Å². The molecule has 0 aliphatic heterocycles. The third kappa shape index (κ3) is 4.84. The van der Waals surface area contributed by atoms with E-state index >= 15 is 0 Å². The number of likely N-dealkylation sites (N-methyl/N-ethyl adjacent to an activating group) is 1. The van der Waals surface area contributed by atoms with E-state index in [0.717, 1.165) is 39.3 Å². The van der Waals surface area contributed by atoms with E-state index in [0.29, 0.717) is 11.6 Å². The van der Waals surface area contributed by atoms with Crippen LogP contribution in [0.4, 0.5) is 11.5 Å². The van der Waals surface area contributed by atoms with Gasteiger partial charge in [0.05, 0.1) is 5.52 Å². The second-order valence-electron chi connectivity index (χ2n) is 8.24. The van der Waals surface area contributed by atoms with E-state index in [-0.39, 0.29) is 12.5 Å². The number of imidazole rings is 1. The van der Waals surface area contributed by atoms with Crippen LogP contribution in [0.25, 0.3) is 16.6 Å². The second-order valence-corrected chi connectivity index (χ2v) is 8.24. The Hall–Kier alpha value is -4.66. The predicted octanol–water partition coefficient (Wildman–Crippen LogP) is 4.59. The predicted molar refractivity (Wildman–Crippen MR) is 133 cm³/mol. The molecule has 2 aromatic carbocycles. The van der Waals surface area contributed by atoms with Crippen LogP contribution in [0.2, 0.25) is 0 Å². The van der Waals surface area contributed by atoms with Crippen LogP contribution in [0.3, 0.4) is 0 Å². The zero-order valence-corrected chi connectivity index (χ0v) is 19.6. The van der Waals surface area contributed by atoms with Crippen molar-refractivity contribution in [3.8, 4) is 17.2 Å². The van der Waals surface area contributed by atoms with Crippen molar-refractivity contribution in [2.24, 2.45) is 0 Å². The van der Waals surface area contributed by atoms with Gasteiger partial charge in [-0.25, -0.2) is 15.0 Å². The van der Waals surface area contributed by atoms with Crippen molar-refractivity contribution in [3.63, 3.8) is 0 Å². The number of fused-ring (bicyclic) bond motifs is 2. The van der Waals surface area contributed by atoms with E-state index in [1.165, 1.54) is 11.2 Å². The Morgan fingerprint density at radius 2 is 1.89 bits per heavy atom. The topological polar surface area (TPSA) is 93.9 Å². The van der Waals surface area contributed by atoms with Gasteiger partial charge in [-0.1, -0.05) is 0 Å². The monoisotopic (exact) mass is 468 g/mol. The highest BCUT2D eigenvalue weighted by Crippen LogP contribution is 2.31. The van der Waals surface area contributed by atoms with Crippen LogP contribution in [-0.4, -0.2) is 50.9 Å². The molecule has 35 heavy (non-hydrogen) atoms. The number of aryl methyl sites for hydroxylation is 1. The lowest BCUT2D eigenvalue weighted by molar-refractivity contribution is -0.130. The standard InChI is InChI=1S/C26H24N6O3/c1-17-12-18(4-7-23(17)35-20-8-10-32-11-9-27-24(32)14-20)30-26-21-13-19(34-15-25(33)31(2)3)5-6-22(21)28-16-29-26/h4-14,16H,15H2,1-3H3,(H,28,29,30). The summed E-state index contributed by atoms with van der Waals surface area (Å²) < 4.78 is 13.7.